The smallest absolute Gasteiger partial charge is 0.338 e. The van der Waals surface area contributed by atoms with Crippen molar-refractivity contribution < 1.29 is 14.3 Å². The molecule has 1 aliphatic heterocycles. The standard InChI is InChI=1S/C16H19NO3/c18-15(8-11-4-2-1-3-5-11)17-13-6-7-14-12(9-13)10-20-16(14)19/h6-7,9,11H,1-5,8,10H2,(H,17,18). The molecule has 1 N–H and O–H groups in total. The molecule has 4 heteroatoms. The van der Waals surface area contributed by atoms with Crippen LogP contribution < -0.4 is 5.32 Å². The summed E-state index contributed by atoms with van der Waals surface area (Å²) < 4.78 is 4.95. The molecule has 0 bridgehead atoms. The van der Waals surface area contributed by atoms with Crippen LogP contribution in [0.1, 0.15) is 54.4 Å². The van der Waals surface area contributed by atoms with Crippen molar-refractivity contribution >= 4 is 17.6 Å². The van der Waals surface area contributed by atoms with Crippen LogP contribution in [-0.2, 0) is 16.1 Å². The first kappa shape index (κ1) is 13.2. The van der Waals surface area contributed by atoms with Crippen LogP contribution in [0.25, 0.3) is 0 Å². The van der Waals surface area contributed by atoms with Crippen LogP contribution in [0.5, 0.6) is 0 Å². The Morgan fingerprint density at radius 1 is 1.25 bits per heavy atom. The summed E-state index contributed by atoms with van der Waals surface area (Å²) >= 11 is 0. The number of nitrogens with one attached hydrogen (secondary N) is 1. The Balaban J connectivity index is 1.60. The van der Waals surface area contributed by atoms with Gasteiger partial charge in [0.2, 0.25) is 5.91 Å². The minimum Gasteiger partial charge on any atom is -0.457 e. The highest BCUT2D eigenvalue weighted by Gasteiger charge is 2.22. The summed E-state index contributed by atoms with van der Waals surface area (Å²) in [7, 11) is 0. The van der Waals surface area contributed by atoms with Gasteiger partial charge in [0.25, 0.3) is 0 Å². The highest BCUT2D eigenvalue weighted by Crippen LogP contribution is 2.27. The van der Waals surface area contributed by atoms with Crippen molar-refractivity contribution in [1.82, 2.24) is 0 Å². The molecular formula is C16H19NO3. The molecular weight excluding hydrogens is 254 g/mol. The molecule has 1 aromatic carbocycles. The second-order valence-corrected chi connectivity index (χ2v) is 5.70. The van der Waals surface area contributed by atoms with E-state index in [0.29, 0.717) is 24.5 Å². The van der Waals surface area contributed by atoms with Gasteiger partial charge in [-0.15, -0.1) is 0 Å². The number of carbonyl (C=O) groups excluding carboxylic acids is 2. The van der Waals surface area contributed by atoms with Gasteiger partial charge in [-0.25, -0.2) is 4.79 Å². The van der Waals surface area contributed by atoms with Crippen LogP contribution in [0.2, 0.25) is 0 Å². The number of cyclic esters (lactones) is 1. The molecule has 1 aliphatic carbocycles. The molecule has 0 spiro atoms. The molecule has 1 aromatic rings. The average molecular weight is 273 g/mol. The third kappa shape index (κ3) is 2.84. The normalized spacial score (nSPS) is 18.5. The third-order valence-electron chi connectivity index (χ3n) is 4.17. The lowest BCUT2D eigenvalue weighted by Gasteiger charge is -2.20. The zero-order chi connectivity index (χ0) is 13.9. The van der Waals surface area contributed by atoms with E-state index in [0.717, 1.165) is 11.3 Å². The second kappa shape index (κ2) is 5.65. The van der Waals surface area contributed by atoms with Crippen LogP contribution in [-0.4, -0.2) is 11.9 Å². The van der Waals surface area contributed by atoms with E-state index < -0.39 is 0 Å². The Morgan fingerprint density at radius 3 is 2.85 bits per heavy atom. The SMILES string of the molecule is O=C(CC1CCCCC1)Nc1ccc2c(c1)COC2=O. The van der Waals surface area contributed by atoms with E-state index in [1.54, 1.807) is 12.1 Å². The van der Waals surface area contributed by atoms with Gasteiger partial charge in [0, 0.05) is 17.7 Å². The van der Waals surface area contributed by atoms with Crippen molar-refractivity contribution in [3.05, 3.63) is 29.3 Å². The van der Waals surface area contributed by atoms with E-state index in [-0.39, 0.29) is 11.9 Å². The Kier molecular flexibility index (Phi) is 3.72. The summed E-state index contributed by atoms with van der Waals surface area (Å²) in [5, 5.41) is 2.93. The second-order valence-electron chi connectivity index (χ2n) is 5.70. The largest absolute Gasteiger partial charge is 0.457 e. The fourth-order valence-corrected chi connectivity index (χ4v) is 3.08. The summed E-state index contributed by atoms with van der Waals surface area (Å²) in [6.45, 7) is 0.306. The predicted octanol–water partition coefficient (Wildman–Crippen LogP) is 3.27. The molecule has 1 fully saturated rings. The van der Waals surface area contributed by atoms with E-state index in [4.69, 9.17) is 4.74 Å². The average Bonchev–Trinajstić information content (AvgIpc) is 2.81. The van der Waals surface area contributed by atoms with Crippen molar-refractivity contribution in [2.24, 2.45) is 5.92 Å². The first-order chi connectivity index (χ1) is 9.72. The Morgan fingerprint density at radius 2 is 2.05 bits per heavy atom. The van der Waals surface area contributed by atoms with E-state index in [1.807, 2.05) is 6.07 Å². The van der Waals surface area contributed by atoms with E-state index >= 15 is 0 Å². The van der Waals surface area contributed by atoms with Crippen LogP contribution in [0.15, 0.2) is 18.2 Å². The summed E-state index contributed by atoms with van der Waals surface area (Å²) in [5.74, 6) is 0.324. The quantitative estimate of drug-likeness (QED) is 0.860. The van der Waals surface area contributed by atoms with E-state index in [2.05, 4.69) is 5.32 Å². The van der Waals surface area contributed by atoms with Crippen molar-refractivity contribution in [2.45, 2.75) is 45.1 Å². The highest BCUT2D eigenvalue weighted by molar-refractivity contribution is 5.95. The molecule has 2 aliphatic rings. The monoisotopic (exact) mass is 273 g/mol. The van der Waals surface area contributed by atoms with Crippen molar-refractivity contribution in [3.8, 4) is 0 Å². The Bertz CT molecular complexity index is 533. The lowest BCUT2D eigenvalue weighted by Crippen LogP contribution is -2.18. The van der Waals surface area contributed by atoms with Crippen LogP contribution in [0.4, 0.5) is 5.69 Å². The first-order valence-corrected chi connectivity index (χ1v) is 7.32. The predicted molar refractivity (Wildman–Crippen MR) is 75.4 cm³/mol. The molecule has 106 valence electrons. The number of anilines is 1. The molecule has 0 unspecified atom stereocenters. The molecule has 0 radical (unpaired) electrons. The van der Waals surface area contributed by atoms with E-state index in [1.165, 1.54) is 32.1 Å². The minimum atomic E-state index is -0.278. The Labute approximate surface area is 118 Å². The van der Waals surface area contributed by atoms with Crippen molar-refractivity contribution in [3.63, 3.8) is 0 Å². The van der Waals surface area contributed by atoms with Gasteiger partial charge in [-0.05, 0) is 37.0 Å². The van der Waals surface area contributed by atoms with Gasteiger partial charge >= 0.3 is 5.97 Å². The van der Waals surface area contributed by atoms with Gasteiger partial charge < -0.3 is 10.1 Å². The lowest BCUT2D eigenvalue weighted by atomic mass is 9.87. The van der Waals surface area contributed by atoms with Gasteiger partial charge in [-0.2, -0.15) is 0 Å². The number of rotatable bonds is 3. The van der Waals surface area contributed by atoms with Crippen molar-refractivity contribution in [1.29, 1.82) is 0 Å². The number of amides is 1. The molecule has 3 rings (SSSR count). The molecule has 1 saturated carbocycles. The van der Waals surface area contributed by atoms with Gasteiger partial charge in [-0.3, -0.25) is 4.79 Å². The number of carbonyl (C=O) groups is 2. The van der Waals surface area contributed by atoms with Gasteiger partial charge in [-0.1, -0.05) is 19.3 Å². The number of fused-ring (bicyclic) bond motifs is 1. The molecule has 1 heterocycles. The summed E-state index contributed by atoms with van der Waals surface area (Å²) in [5.41, 5.74) is 2.21. The summed E-state index contributed by atoms with van der Waals surface area (Å²) in [6.07, 6.45) is 6.73. The van der Waals surface area contributed by atoms with Crippen molar-refractivity contribution in [2.75, 3.05) is 5.32 Å². The van der Waals surface area contributed by atoms with Gasteiger partial charge in [0.1, 0.15) is 6.61 Å². The maximum absolute atomic E-state index is 12.0. The number of ether oxygens (including phenoxy) is 1. The zero-order valence-corrected chi connectivity index (χ0v) is 11.5. The number of esters is 1. The number of benzene rings is 1. The minimum absolute atomic E-state index is 0.0714. The zero-order valence-electron chi connectivity index (χ0n) is 11.5. The summed E-state index contributed by atoms with van der Waals surface area (Å²) in [6, 6.07) is 5.32. The lowest BCUT2D eigenvalue weighted by molar-refractivity contribution is -0.117. The van der Waals surface area contributed by atoms with Gasteiger partial charge in [0.15, 0.2) is 0 Å². The fourth-order valence-electron chi connectivity index (χ4n) is 3.08. The van der Waals surface area contributed by atoms with Crippen LogP contribution in [0, 0.1) is 5.92 Å². The fraction of sp³-hybridized carbons (Fsp3) is 0.500. The molecule has 0 saturated heterocycles. The molecule has 0 aromatic heterocycles. The topological polar surface area (TPSA) is 55.4 Å². The maximum atomic E-state index is 12.0. The van der Waals surface area contributed by atoms with E-state index in [9.17, 15) is 9.59 Å². The number of hydrogen-bond acceptors (Lipinski definition) is 3. The third-order valence-corrected chi connectivity index (χ3v) is 4.17. The summed E-state index contributed by atoms with van der Waals surface area (Å²) in [4.78, 5) is 23.4. The number of hydrogen-bond donors (Lipinski definition) is 1. The van der Waals surface area contributed by atoms with Gasteiger partial charge in [0.05, 0.1) is 5.56 Å². The van der Waals surface area contributed by atoms with Crippen LogP contribution >= 0.6 is 0 Å². The molecule has 4 nitrogen and oxygen atoms in total. The highest BCUT2D eigenvalue weighted by atomic mass is 16.5. The first-order valence-electron chi connectivity index (χ1n) is 7.32. The van der Waals surface area contributed by atoms with Crippen LogP contribution in [0.3, 0.4) is 0 Å². The molecule has 0 atom stereocenters. The Hall–Kier alpha value is -1.84. The maximum Gasteiger partial charge on any atom is 0.338 e. The molecule has 1 amide bonds. The molecule has 20 heavy (non-hydrogen) atoms.